The Balaban J connectivity index is 2.35. The van der Waals surface area contributed by atoms with Gasteiger partial charge in [0.2, 0.25) is 0 Å². The average molecular weight is 253 g/mol. The molecule has 0 amide bonds. The highest BCUT2D eigenvalue weighted by atomic mass is 19.1. The Hall–Kier alpha value is -1.13. The molecule has 1 aromatic carbocycles. The van der Waals surface area contributed by atoms with Crippen LogP contribution in [-0.4, -0.2) is 30.4 Å². The van der Waals surface area contributed by atoms with Crippen LogP contribution in [-0.2, 0) is 4.74 Å². The molecule has 2 rings (SSSR count). The monoisotopic (exact) mass is 253 g/mol. The maximum Gasteiger partial charge on any atom is 0.131 e. The zero-order chi connectivity index (χ0) is 13.3. The van der Waals surface area contributed by atoms with Crippen molar-refractivity contribution in [1.29, 1.82) is 0 Å². The summed E-state index contributed by atoms with van der Waals surface area (Å²) in [4.78, 5) is 2.09. The second-order valence-corrected chi connectivity index (χ2v) is 5.01. The van der Waals surface area contributed by atoms with Crippen LogP contribution in [0, 0.1) is 5.82 Å². The SMILES string of the molecule is CC1CN(c2cccc(F)c2C(C)O)CC(C)O1. The molecule has 1 saturated heterocycles. The third-order valence-corrected chi connectivity index (χ3v) is 3.21. The van der Waals surface area contributed by atoms with E-state index in [-0.39, 0.29) is 18.0 Å². The molecule has 4 heteroatoms. The van der Waals surface area contributed by atoms with E-state index in [4.69, 9.17) is 4.74 Å². The summed E-state index contributed by atoms with van der Waals surface area (Å²) in [6.07, 6.45) is -0.590. The van der Waals surface area contributed by atoms with Crippen LogP contribution in [0.3, 0.4) is 0 Å². The number of hydrogen-bond acceptors (Lipinski definition) is 3. The topological polar surface area (TPSA) is 32.7 Å². The molecule has 3 unspecified atom stereocenters. The smallest absolute Gasteiger partial charge is 0.131 e. The Morgan fingerprint density at radius 3 is 2.50 bits per heavy atom. The number of hydrogen-bond donors (Lipinski definition) is 1. The molecule has 1 aliphatic heterocycles. The van der Waals surface area contributed by atoms with Gasteiger partial charge < -0.3 is 14.7 Å². The zero-order valence-corrected chi connectivity index (χ0v) is 11.1. The number of benzene rings is 1. The number of aliphatic hydroxyl groups is 1. The maximum absolute atomic E-state index is 13.8. The first-order chi connectivity index (χ1) is 8.49. The molecule has 0 aliphatic carbocycles. The lowest BCUT2D eigenvalue weighted by atomic mass is 10.0. The van der Waals surface area contributed by atoms with Crippen LogP contribution >= 0.6 is 0 Å². The van der Waals surface area contributed by atoms with E-state index in [2.05, 4.69) is 4.90 Å². The van der Waals surface area contributed by atoms with E-state index in [0.29, 0.717) is 18.7 Å². The van der Waals surface area contributed by atoms with Gasteiger partial charge in [0.1, 0.15) is 5.82 Å². The number of anilines is 1. The molecule has 0 bridgehead atoms. The molecule has 1 heterocycles. The van der Waals surface area contributed by atoms with Gasteiger partial charge in [0.15, 0.2) is 0 Å². The van der Waals surface area contributed by atoms with Crippen LogP contribution in [0.15, 0.2) is 18.2 Å². The van der Waals surface area contributed by atoms with Crippen LogP contribution in [0.4, 0.5) is 10.1 Å². The molecule has 1 fully saturated rings. The van der Waals surface area contributed by atoms with E-state index in [1.165, 1.54) is 6.07 Å². The van der Waals surface area contributed by atoms with E-state index in [1.807, 2.05) is 19.9 Å². The molecule has 0 aromatic heterocycles. The van der Waals surface area contributed by atoms with E-state index in [0.717, 1.165) is 5.69 Å². The van der Waals surface area contributed by atoms with Crippen LogP contribution in [0.5, 0.6) is 0 Å². The third kappa shape index (κ3) is 2.65. The largest absolute Gasteiger partial charge is 0.389 e. The number of aliphatic hydroxyl groups excluding tert-OH is 1. The summed E-state index contributed by atoms with van der Waals surface area (Å²) in [5.41, 5.74) is 1.14. The Morgan fingerprint density at radius 2 is 1.94 bits per heavy atom. The highest BCUT2D eigenvalue weighted by Gasteiger charge is 2.26. The Labute approximate surface area is 107 Å². The van der Waals surface area contributed by atoms with Crippen molar-refractivity contribution in [3.8, 4) is 0 Å². The summed E-state index contributed by atoms with van der Waals surface area (Å²) in [7, 11) is 0. The standard InChI is InChI=1S/C14H20FNO2/c1-9-7-16(8-10(2)18-9)13-6-4-5-12(15)14(13)11(3)17/h4-6,9-11,17H,7-8H2,1-3H3. The summed E-state index contributed by atoms with van der Waals surface area (Å²) in [5.74, 6) is -0.353. The lowest BCUT2D eigenvalue weighted by Gasteiger charge is -2.38. The second kappa shape index (κ2) is 5.24. The molecule has 0 spiro atoms. The van der Waals surface area contributed by atoms with Gasteiger partial charge in [-0.25, -0.2) is 4.39 Å². The number of halogens is 1. The molecule has 3 nitrogen and oxygen atoms in total. The van der Waals surface area contributed by atoms with Crippen LogP contribution in [0.2, 0.25) is 0 Å². The number of rotatable bonds is 2. The number of ether oxygens (including phenoxy) is 1. The molecular formula is C14H20FNO2. The summed E-state index contributed by atoms with van der Waals surface area (Å²) in [6.45, 7) is 7.03. The van der Waals surface area contributed by atoms with Crippen molar-refractivity contribution in [3.05, 3.63) is 29.6 Å². The molecule has 1 N–H and O–H groups in total. The van der Waals surface area contributed by atoms with Crippen molar-refractivity contribution in [3.63, 3.8) is 0 Å². The van der Waals surface area contributed by atoms with E-state index < -0.39 is 6.10 Å². The summed E-state index contributed by atoms with van der Waals surface area (Å²) in [5, 5.41) is 9.75. The van der Waals surface area contributed by atoms with Crippen molar-refractivity contribution >= 4 is 5.69 Å². The third-order valence-electron chi connectivity index (χ3n) is 3.21. The van der Waals surface area contributed by atoms with Gasteiger partial charge in [-0.3, -0.25) is 0 Å². The highest BCUT2D eigenvalue weighted by molar-refractivity contribution is 5.55. The Morgan fingerprint density at radius 1 is 1.33 bits per heavy atom. The lowest BCUT2D eigenvalue weighted by Crippen LogP contribution is -2.46. The van der Waals surface area contributed by atoms with Crippen molar-refractivity contribution < 1.29 is 14.2 Å². The van der Waals surface area contributed by atoms with Crippen molar-refractivity contribution in [2.24, 2.45) is 0 Å². The van der Waals surface area contributed by atoms with Crippen LogP contribution < -0.4 is 4.90 Å². The number of nitrogens with zero attached hydrogens (tertiary/aromatic N) is 1. The quantitative estimate of drug-likeness (QED) is 0.879. The van der Waals surface area contributed by atoms with Gasteiger partial charge in [-0.1, -0.05) is 6.07 Å². The minimum atomic E-state index is -0.811. The van der Waals surface area contributed by atoms with Crippen molar-refractivity contribution in [2.75, 3.05) is 18.0 Å². The first kappa shape index (κ1) is 13.3. The summed E-state index contributed by atoms with van der Waals surface area (Å²) < 4.78 is 19.5. The predicted octanol–water partition coefficient (Wildman–Crippen LogP) is 2.49. The van der Waals surface area contributed by atoms with Gasteiger partial charge >= 0.3 is 0 Å². The van der Waals surface area contributed by atoms with E-state index >= 15 is 0 Å². The van der Waals surface area contributed by atoms with Gasteiger partial charge in [0, 0.05) is 24.3 Å². The lowest BCUT2D eigenvalue weighted by molar-refractivity contribution is -0.00541. The van der Waals surface area contributed by atoms with Crippen LogP contribution in [0.25, 0.3) is 0 Å². The molecule has 3 atom stereocenters. The van der Waals surface area contributed by atoms with Crippen molar-refractivity contribution in [2.45, 2.75) is 39.1 Å². The minimum Gasteiger partial charge on any atom is -0.389 e. The fourth-order valence-electron chi connectivity index (χ4n) is 2.59. The fraction of sp³-hybridized carbons (Fsp3) is 0.571. The first-order valence-corrected chi connectivity index (χ1v) is 6.36. The fourth-order valence-corrected chi connectivity index (χ4v) is 2.59. The second-order valence-electron chi connectivity index (χ2n) is 5.01. The Bertz CT molecular complexity index is 412. The van der Waals surface area contributed by atoms with Gasteiger partial charge in [-0.15, -0.1) is 0 Å². The van der Waals surface area contributed by atoms with Crippen LogP contribution in [0.1, 0.15) is 32.4 Å². The average Bonchev–Trinajstić information content (AvgIpc) is 2.26. The summed E-state index contributed by atoms with van der Waals surface area (Å²) in [6, 6.07) is 4.93. The molecule has 1 aliphatic rings. The van der Waals surface area contributed by atoms with Gasteiger partial charge in [-0.2, -0.15) is 0 Å². The molecular weight excluding hydrogens is 233 g/mol. The first-order valence-electron chi connectivity index (χ1n) is 6.36. The van der Waals surface area contributed by atoms with Crippen molar-refractivity contribution in [1.82, 2.24) is 0 Å². The molecule has 1 aromatic rings. The summed E-state index contributed by atoms with van der Waals surface area (Å²) >= 11 is 0. The van der Waals surface area contributed by atoms with E-state index in [1.54, 1.807) is 13.0 Å². The van der Waals surface area contributed by atoms with Gasteiger partial charge in [0.25, 0.3) is 0 Å². The number of morpholine rings is 1. The normalized spacial score (nSPS) is 26.2. The predicted molar refractivity (Wildman–Crippen MR) is 69.3 cm³/mol. The zero-order valence-electron chi connectivity index (χ0n) is 11.1. The van der Waals surface area contributed by atoms with Gasteiger partial charge in [0.05, 0.1) is 18.3 Å². The maximum atomic E-state index is 13.8. The molecule has 18 heavy (non-hydrogen) atoms. The Kier molecular flexibility index (Phi) is 3.88. The highest BCUT2D eigenvalue weighted by Crippen LogP contribution is 2.30. The van der Waals surface area contributed by atoms with Gasteiger partial charge in [-0.05, 0) is 32.9 Å². The van der Waals surface area contributed by atoms with E-state index in [9.17, 15) is 9.50 Å². The molecule has 100 valence electrons. The molecule has 0 radical (unpaired) electrons. The molecule has 0 saturated carbocycles. The minimum absolute atomic E-state index is 0.110.